The maximum absolute atomic E-state index is 13.1. The molecule has 0 aliphatic heterocycles. The van der Waals surface area contributed by atoms with Crippen LogP contribution in [0.3, 0.4) is 0 Å². The highest BCUT2D eigenvalue weighted by molar-refractivity contribution is 5.27. The van der Waals surface area contributed by atoms with Gasteiger partial charge in [-0.25, -0.2) is 4.39 Å². The van der Waals surface area contributed by atoms with E-state index < -0.39 is 5.82 Å². The number of phenolic OH excluding ortho intramolecular Hbond substituents is 1. The average molecular weight is 271 g/mol. The minimum Gasteiger partial charge on any atom is -0.505 e. The lowest BCUT2D eigenvalue weighted by molar-refractivity contribution is 0.0688. The van der Waals surface area contributed by atoms with Crippen LogP contribution in [0.1, 0.15) is 18.4 Å². The normalized spacial score (nSPS) is 10.8. The van der Waals surface area contributed by atoms with Crippen molar-refractivity contribution in [1.82, 2.24) is 5.32 Å². The second-order valence-corrected chi connectivity index (χ2v) is 4.27. The lowest BCUT2D eigenvalue weighted by Crippen LogP contribution is -2.15. The van der Waals surface area contributed by atoms with E-state index in [0.29, 0.717) is 19.8 Å². The van der Waals surface area contributed by atoms with Crippen molar-refractivity contribution < 1.29 is 19.0 Å². The molecule has 1 rings (SSSR count). The van der Waals surface area contributed by atoms with Gasteiger partial charge in [0, 0.05) is 20.3 Å². The summed E-state index contributed by atoms with van der Waals surface area (Å²) >= 11 is 0. The van der Waals surface area contributed by atoms with Gasteiger partial charge in [-0.3, -0.25) is 0 Å². The summed E-state index contributed by atoms with van der Waals surface area (Å²) in [6.07, 6.45) is 1.99. The SMILES string of the molecule is COCCOCCCCNCc1ccc(O)c(F)c1. The zero-order valence-corrected chi connectivity index (χ0v) is 11.3. The molecule has 0 heterocycles. The maximum atomic E-state index is 13.1. The molecule has 0 unspecified atom stereocenters. The fourth-order valence-corrected chi connectivity index (χ4v) is 1.59. The van der Waals surface area contributed by atoms with Crippen molar-refractivity contribution in [3.8, 4) is 5.75 Å². The van der Waals surface area contributed by atoms with Crippen LogP contribution in [0.2, 0.25) is 0 Å². The van der Waals surface area contributed by atoms with E-state index >= 15 is 0 Å². The van der Waals surface area contributed by atoms with E-state index in [-0.39, 0.29) is 5.75 Å². The van der Waals surface area contributed by atoms with Crippen molar-refractivity contribution >= 4 is 0 Å². The molecule has 0 aliphatic carbocycles. The average Bonchev–Trinajstić information content (AvgIpc) is 2.41. The van der Waals surface area contributed by atoms with Gasteiger partial charge >= 0.3 is 0 Å². The van der Waals surface area contributed by atoms with Crippen LogP contribution in [0.15, 0.2) is 18.2 Å². The van der Waals surface area contributed by atoms with Gasteiger partial charge < -0.3 is 19.9 Å². The van der Waals surface area contributed by atoms with Crippen LogP contribution < -0.4 is 5.32 Å². The molecule has 0 spiro atoms. The Bertz CT molecular complexity index is 361. The fraction of sp³-hybridized carbons (Fsp3) is 0.571. The molecule has 5 heteroatoms. The molecule has 1 aromatic rings. The van der Waals surface area contributed by atoms with Crippen LogP contribution in [0, 0.1) is 5.82 Å². The van der Waals surface area contributed by atoms with Gasteiger partial charge in [-0.15, -0.1) is 0 Å². The minimum atomic E-state index is -0.578. The number of rotatable bonds is 10. The summed E-state index contributed by atoms with van der Waals surface area (Å²) in [4.78, 5) is 0. The van der Waals surface area contributed by atoms with Gasteiger partial charge in [-0.1, -0.05) is 6.07 Å². The zero-order chi connectivity index (χ0) is 13.9. The first-order chi connectivity index (χ1) is 9.24. The number of unbranched alkanes of at least 4 members (excludes halogenated alkanes) is 1. The lowest BCUT2D eigenvalue weighted by atomic mass is 10.2. The van der Waals surface area contributed by atoms with E-state index in [9.17, 15) is 4.39 Å². The zero-order valence-electron chi connectivity index (χ0n) is 11.3. The van der Waals surface area contributed by atoms with Gasteiger partial charge in [0.05, 0.1) is 13.2 Å². The Morgan fingerprint density at radius 1 is 1.21 bits per heavy atom. The van der Waals surface area contributed by atoms with Crippen molar-refractivity contribution in [2.75, 3.05) is 33.5 Å². The molecule has 0 aliphatic rings. The first-order valence-corrected chi connectivity index (χ1v) is 6.49. The maximum Gasteiger partial charge on any atom is 0.165 e. The van der Waals surface area contributed by atoms with Crippen molar-refractivity contribution in [2.45, 2.75) is 19.4 Å². The first kappa shape index (κ1) is 15.9. The number of ether oxygens (including phenoxy) is 2. The summed E-state index contributed by atoms with van der Waals surface area (Å²) in [6, 6.07) is 4.42. The van der Waals surface area contributed by atoms with Gasteiger partial charge in [0.2, 0.25) is 0 Å². The molecule has 0 atom stereocenters. The van der Waals surface area contributed by atoms with Crippen molar-refractivity contribution in [2.24, 2.45) is 0 Å². The number of hydrogen-bond donors (Lipinski definition) is 2. The van der Waals surface area contributed by atoms with Gasteiger partial charge in [-0.2, -0.15) is 0 Å². The molecule has 0 saturated carbocycles. The van der Waals surface area contributed by atoms with E-state index in [0.717, 1.165) is 31.6 Å². The van der Waals surface area contributed by atoms with Gasteiger partial charge in [-0.05, 0) is 37.1 Å². The van der Waals surface area contributed by atoms with Crippen LogP contribution >= 0.6 is 0 Å². The van der Waals surface area contributed by atoms with Crippen molar-refractivity contribution in [3.05, 3.63) is 29.6 Å². The Labute approximate surface area is 113 Å². The quantitative estimate of drug-likeness (QED) is 0.640. The van der Waals surface area contributed by atoms with E-state index in [2.05, 4.69) is 5.32 Å². The van der Waals surface area contributed by atoms with E-state index in [1.807, 2.05) is 0 Å². The van der Waals surface area contributed by atoms with E-state index in [4.69, 9.17) is 14.6 Å². The van der Waals surface area contributed by atoms with Gasteiger partial charge in [0.25, 0.3) is 0 Å². The van der Waals surface area contributed by atoms with Gasteiger partial charge in [0.15, 0.2) is 11.6 Å². The third-order valence-electron chi connectivity index (χ3n) is 2.67. The van der Waals surface area contributed by atoms with Crippen molar-refractivity contribution in [1.29, 1.82) is 0 Å². The predicted octanol–water partition coefficient (Wildman–Crippen LogP) is 2.06. The molecule has 0 fully saturated rings. The number of methoxy groups -OCH3 is 1. The van der Waals surface area contributed by atoms with Crippen LogP contribution in [0.5, 0.6) is 5.75 Å². The third kappa shape index (κ3) is 7.10. The monoisotopic (exact) mass is 271 g/mol. The standard InChI is InChI=1S/C14H22FNO3/c1-18-8-9-19-7-3-2-6-16-11-12-4-5-14(17)13(15)10-12/h4-5,10,16-17H,2-3,6-9,11H2,1H3. The summed E-state index contributed by atoms with van der Waals surface area (Å²) in [7, 11) is 1.65. The third-order valence-corrected chi connectivity index (χ3v) is 2.67. The summed E-state index contributed by atoms with van der Waals surface area (Å²) in [5.74, 6) is -0.886. The molecule has 108 valence electrons. The summed E-state index contributed by atoms with van der Waals surface area (Å²) in [5.41, 5.74) is 0.826. The van der Waals surface area contributed by atoms with Crippen molar-refractivity contribution in [3.63, 3.8) is 0 Å². The molecule has 19 heavy (non-hydrogen) atoms. The molecular formula is C14H22FNO3. The Balaban J connectivity index is 2.00. The molecule has 0 saturated heterocycles. The Morgan fingerprint density at radius 2 is 2.05 bits per heavy atom. The van der Waals surface area contributed by atoms with Crippen LogP contribution in [-0.2, 0) is 16.0 Å². The van der Waals surface area contributed by atoms with E-state index in [1.165, 1.54) is 12.1 Å². The first-order valence-electron chi connectivity index (χ1n) is 6.49. The number of phenols is 1. The predicted molar refractivity (Wildman–Crippen MR) is 71.7 cm³/mol. The Morgan fingerprint density at radius 3 is 2.79 bits per heavy atom. The number of hydrogen-bond acceptors (Lipinski definition) is 4. The van der Waals surface area contributed by atoms with Gasteiger partial charge in [0.1, 0.15) is 0 Å². The molecule has 4 nitrogen and oxygen atoms in total. The molecule has 0 amide bonds. The molecular weight excluding hydrogens is 249 g/mol. The minimum absolute atomic E-state index is 0.308. The molecule has 0 aromatic heterocycles. The highest BCUT2D eigenvalue weighted by atomic mass is 19.1. The van der Waals surface area contributed by atoms with Crippen LogP contribution in [0.4, 0.5) is 4.39 Å². The molecule has 0 radical (unpaired) electrons. The summed E-state index contributed by atoms with van der Waals surface area (Å²) < 4.78 is 23.3. The number of aromatic hydroxyl groups is 1. The Hall–Kier alpha value is -1.17. The highest BCUT2D eigenvalue weighted by Crippen LogP contribution is 2.15. The number of halogens is 1. The number of benzene rings is 1. The number of nitrogens with one attached hydrogen (secondary N) is 1. The summed E-state index contributed by atoms with van der Waals surface area (Å²) in [5, 5.41) is 12.3. The second-order valence-electron chi connectivity index (χ2n) is 4.27. The van der Waals surface area contributed by atoms with Crippen LogP contribution in [0.25, 0.3) is 0 Å². The molecule has 0 bridgehead atoms. The topological polar surface area (TPSA) is 50.7 Å². The fourth-order valence-electron chi connectivity index (χ4n) is 1.59. The van der Waals surface area contributed by atoms with Crippen LogP contribution in [-0.4, -0.2) is 38.6 Å². The van der Waals surface area contributed by atoms with E-state index in [1.54, 1.807) is 13.2 Å². The molecule has 2 N–H and O–H groups in total. The largest absolute Gasteiger partial charge is 0.505 e. The highest BCUT2D eigenvalue weighted by Gasteiger charge is 2.00. The smallest absolute Gasteiger partial charge is 0.165 e. The Kier molecular flexibility index (Phi) is 8.13. The second kappa shape index (κ2) is 9.72. The molecule has 1 aromatic carbocycles. The summed E-state index contributed by atoms with van der Waals surface area (Å²) in [6.45, 7) is 3.46. The lowest BCUT2D eigenvalue weighted by Gasteiger charge is -2.06.